The number of carbonyl (C=O) groups excluding carboxylic acids is 1. The third-order valence-electron chi connectivity index (χ3n) is 7.10. The van der Waals surface area contributed by atoms with Gasteiger partial charge in [-0.15, -0.1) is 0 Å². The molecule has 0 amide bonds. The highest BCUT2D eigenvalue weighted by atomic mass is 35.5. The van der Waals surface area contributed by atoms with Crippen LogP contribution in [0.4, 0.5) is 17.6 Å². The van der Waals surface area contributed by atoms with Crippen molar-refractivity contribution in [2.24, 2.45) is 10.9 Å². The molecule has 0 radical (unpaired) electrons. The average Bonchev–Trinajstić information content (AvgIpc) is 3.73. The van der Waals surface area contributed by atoms with Crippen LogP contribution in [-0.2, 0) is 11.2 Å². The van der Waals surface area contributed by atoms with Crippen molar-refractivity contribution in [1.29, 1.82) is 0 Å². The minimum Gasteiger partial charge on any atom is -0.367 e. The van der Waals surface area contributed by atoms with Crippen molar-refractivity contribution in [2.45, 2.75) is 36.2 Å². The molecule has 0 atom stereocenters. The Morgan fingerprint density at radius 3 is 2.45 bits per heavy atom. The van der Waals surface area contributed by atoms with Crippen LogP contribution in [0.3, 0.4) is 0 Å². The quantitative estimate of drug-likeness (QED) is 0.343. The number of amidine groups is 1. The molecule has 1 saturated heterocycles. The summed E-state index contributed by atoms with van der Waals surface area (Å²) in [5, 5.41) is 4.98. The van der Waals surface area contributed by atoms with Crippen molar-refractivity contribution in [3.8, 4) is 0 Å². The third kappa shape index (κ3) is 6.43. The molecule has 6 rings (SSSR count). The Kier molecular flexibility index (Phi) is 7.96. The lowest BCUT2D eigenvalue weighted by Crippen LogP contribution is -2.47. The zero-order valence-corrected chi connectivity index (χ0v) is 24.4. The summed E-state index contributed by atoms with van der Waals surface area (Å²) < 4.78 is 0. The first-order valence-corrected chi connectivity index (χ1v) is 15.0. The van der Waals surface area contributed by atoms with Crippen molar-refractivity contribution in [2.75, 3.05) is 47.8 Å². The van der Waals surface area contributed by atoms with E-state index in [9.17, 15) is 4.79 Å². The standard InChI is InChI=1S/C29H29Cl2N7OS/c1-18-15-25(32-17-18)33-27-34-28(38-13-11-37(12-14-38)23-4-2-3-22(30)26(23)31)36-29(35-27)40-21-9-5-19(6-10-21)16-24(39)20-7-8-20/h2-6,9-10,15,20H,7-8,11-14,16-17H2,1H3,(H,32,33,34,35,36). The highest BCUT2D eigenvalue weighted by Crippen LogP contribution is 2.34. The minimum atomic E-state index is 0.274. The molecule has 2 aromatic carbocycles. The number of nitrogens with one attached hydrogen (secondary N) is 1. The van der Waals surface area contributed by atoms with Crippen LogP contribution < -0.4 is 15.1 Å². The summed E-state index contributed by atoms with van der Waals surface area (Å²) in [5.41, 5.74) is 3.16. The molecule has 11 heteroatoms. The maximum absolute atomic E-state index is 12.2. The number of aromatic nitrogens is 3. The van der Waals surface area contributed by atoms with Gasteiger partial charge in [0.25, 0.3) is 0 Å². The lowest BCUT2D eigenvalue weighted by molar-refractivity contribution is -0.119. The van der Waals surface area contributed by atoms with E-state index in [1.807, 2.05) is 49.4 Å². The molecular weight excluding hydrogens is 565 g/mol. The number of anilines is 3. The van der Waals surface area contributed by atoms with Crippen molar-refractivity contribution < 1.29 is 4.79 Å². The number of piperazine rings is 1. The summed E-state index contributed by atoms with van der Waals surface area (Å²) in [6.45, 7) is 5.68. The predicted octanol–water partition coefficient (Wildman–Crippen LogP) is 5.95. The molecule has 1 N–H and O–H groups in total. The number of hydrogen-bond acceptors (Lipinski definition) is 9. The Hall–Kier alpha value is -3.14. The molecule has 1 aliphatic carbocycles. The SMILES string of the molecule is CC1=CC(Nc2nc(Sc3ccc(CC(=O)C4CC4)cc3)nc(N3CCN(c4cccc(Cl)c4Cl)CC3)n2)=NC1. The largest absolute Gasteiger partial charge is 0.367 e. The van der Waals surface area contributed by atoms with E-state index < -0.39 is 0 Å². The van der Waals surface area contributed by atoms with Gasteiger partial charge < -0.3 is 15.1 Å². The molecule has 206 valence electrons. The summed E-state index contributed by atoms with van der Waals surface area (Å²) in [5.74, 6) is 2.44. The zero-order valence-electron chi connectivity index (χ0n) is 22.1. The van der Waals surface area contributed by atoms with Crippen LogP contribution in [0.25, 0.3) is 0 Å². The molecule has 40 heavy (non-hydrogen) atoms. The van der Waals surface area contributed by atoms with E-state index in [-0.39, 0.29) is 5.92 Å². The van der Waals surface area contributed by atoms with Gasteiger partial charge in [0.2, 0.25) is 11.9 Å². The number of ketones is 1. The first-order chi connectivity index (χ1) is 19.4. The van der Waals surface area contributed by atoms with Gasteiger partial charge in [-0.25, -0.2) is 0 Å². The molecule has 2 aliphatic heterocycles. The predicted molar refractivity (Wildman–Crippen MR) is 162 cm³/mol. The summed E-state index contributed by atoms with van der Waals surface area (Å²) >= 11 is 14.2. The topological polar surface area (TPSA) is 86.6 Å². The van der Waals surface area contributed by atoms with E-state index in [1.54, 1.807) is 6.07 Å². The van der Waals surface area contributed by atoms with Crippen LogP contribution in [0.2, 0.25) is 10.0 Å². The number of rotatable bonds is 8. The average molecular weight is 595 g/mol. The Morgan fingerprint density at radius 1 is 1.00 bits per heavy atom. The number of hydrogen-bond donors (Lipinski definition) is 1. The summed E-state index contributed by atoms with van der Waals surface area (Å²) in [6, 6.07) is 13.8. The number of halogens is 2. The Bertz CT molecular complexity index is 1480. The van der Waals surface area contributed by atoms with Gasteiger partial charge >= 0.3 is 0 Å². The van der Waals surface area contributed by atoms with Crippen LogP contribution in [0.1, 0.15) is 25.3 Å². The smallest absolute Gasteiger partial charge is 0.234 e. The van der Waals surface area contributed by atoms with E-state index in [0.717, 1.165) is 61.0 Å². The fourth-order valence-electron chi connectivity index (χ4n) is 4.73. The maximum Gasteiger partial charge on any atom is 0.234 e. The molecule has 1 aromatic heterocycles. The van der Waals surface area contributed by atoms with Crippen molar-refractivity contribution in [3.63, 3.8) is 0 Å². The molecule has 2 fully saturated rings. The number of nitrogens with zero attached hydrogens (tertiary/aromatic N) is 6. The maximum atomic E-state index is 12.2. The zero-order chi connectivity index (χ0) is 27.6. The van der Waals surface area contributed by atoms with Gasteiger partial charge in [-0.05, 0) is 73.0 Å². The van der Waals surface area contributed by atoms with Crippen LogP contribution in [-0.4, -0.2) is 59.3 Å². The van der Waals surface area contributed by atoms with Gasteiger partial charge in [0.05, 0.1) is 22.3 Å². The first kappa shape index (κ1) is 27.1. The molecule has 3 aromatic rings. The van der Waals surface area contributed by atoms with E-state index in [1.165, 1.54) is 17.3 Å². The van der Waals surface area contributed by atoms with E-state index in [2.05, 4.69) is 20.1 Å². The summed E-state index contributed by atoms with van der Waals surface area (Å²) in [4.78, 5) is 36.4. The van der Waals surface area contributed by atoms with Crippen molar-refractivity contribution in [3.05, 3.63) is 69.7 Å². The van der Waals surface area contributed by atoms with Crippen LogP contribution in [0.5, 0.6) is 0 Å². The van der Waals surface area contributed by atoms with Gasteiger partial charge in [0.1, 0.15) is 11.6 Å². The summed E-state index contributed by atoms with van der Waals surface area (Å²) in [6.07, 6.45) is 4.58. The van der Waals surface area contributed by atoms with Crippen molar-refractivity contribution in [1.82, 2.24) is 15.0 Å². The molecule has 0 bridgehead atoms. The lowest BCUT2D eigenvalue weighted by Gasteiger charge is -2.36. The van der Waals surface area contributed by atoms with Gasteiger partial charge in [-0.3, -0.25) is 9.79 Å². The van der Waals surface area contributed by atoms with Crippen molar-refractivity contribution >= 4 is 64.2 Å². The second-order valence-electron chi connectivity index (χ2n) is 10.3. The van der Waals surface area contributed by atoms with E-state index >= 15 is 0 Å². The molecule has 0 spiro atoms. The van der Waals surface area contributed by atoms with Gasteiger partial charge in [-0.2, -0.15) is 15.0 Å². The molecule has 8 nitrogen and oxygen atoms in total. The van der Waals surface area contributed by atoms with Crippen LogP contribution in [0.15, 0.2) is 69.2 Å². The molecular formula is C29H29Cl2N7OS. The Labute approximate surface area is 247 Å². The molecule has 3 heterocycles. The number of carbonyl (C=O) groups is 1. The van der Waals surface area contributed by atoms with Gasteiger partial charge in [0.15, 0.2) is 5.16 Å². The number of Topliss-reactive ketones (excluding diaryl/α,β-unsaturated/α-hetero) is 1. The second kappa shape index (κ2) is 11.8. The van der Waals surface area contributed by atoms with Gasteiger partial charge in [-0.1, -0.05) is 41.4 Å². The molecule has 3 aliphatic rings. The highest BCUT2D eigenvalue weighted by molar-refractivity contribution is 7.99. The highest BCUT2D eigenvalue weighted by Gasteiger charge is 2.29. The summed E-state index contributed by atoms with van der Waals surface area (Å²) in [7, 11) is 0. The molecule has 1 saturated carbocycles. The van der Waals surface area contributed by atoms with Crippen LogP contribution >= 0.6 is 35.0 Å². The Morgan fingerprint density at radius 2 is 1.75 bits per heavy atom. The monoisotopic (exact) mass is 593 g/mol. The second-order valence-corrected chi connectivity index (χ2v) is 12.1. The minimum absolute atomic E-state index is 0.274. The number of aliphatic imine (C=N–C) groups is 1. The lowest BCUT2D eigenvalue weighted by atomic mass is 10.1. The normalized spacial score (nSPS) is 17.1. The van der Waals surface area contributed by atoms with Crippen LogP contribution in [0, 0.1) is 5.92 Å². The molecule has 0 unspecified atom stereocenters. The first-order valence-electron chi connectivity index (χ1n) is 13.4. The van der Waals surface area contributed by atoms with E-state index in [4.69, 9.17) is 38.2 Å². The van der Waals surface area contributed by atoms with Gasteiger partial charge in [0, 0.05) is 43.4 Å². The fraction of sp³-hybridized carbons (Fsp3) is 0.345. The number of benzene rings is 2. The third-order valence-corrected chi connectivity index (χ3v) is 8.78. The van der Waals surface area contributed by atoms with E-state index in [0.29, 0.717) is 45.8 Å². The Balaban J connectivity index is 1.19. The fourth-order valence-corrected chi connectivity index (χ4v) is 5.89.